The van der Waals surface area contributed by atoms with E-state index in [4.69, 9.17) is 20.2 Å². The second-order valence-electron chi connectivity index (χ2n) is 14.1. The van der Waals surface area contributed by atoms with Crippen LogP contribution in [0.4, 0.5) is 0 Å². The lowest BCUT2D eigenvalue weighted by Crippen LogP contribution is -2.31. The van der Waals surface area contributed by atoms with Crippen LogP contribution in [-0.2, 0) is 14.5 Å². The molecule has 0 aromatic carbocycles. The van der Waals surface area contributed by atoms with Crippen LogP contribution in [0.2, 0.25) is 0 Å². The Morgan fingerprint density at radius 1 is 0.451 bits per heavy atom. The third-order valence-corrected chi connectivity index (χ3v) is 9.00. The number of hydrogen-bond donors (Lipinski definition) is 2. The molecule has 0 aromatic rings. The normalized spacial score (nSPS) is 11.4. The highest BCUT2D eigenvalue weighted by Gasteiger charge is 2.06. The predicted octanol–water partition coefficient (Wildman–Crippen LogP) is 14.2. The Kier molecular flexibility index (Phi) is 66.6. The Morgan fingerprint density at radius 3 is 1.22 bits per heavy atom. The van der Waals surface area contributed by atoms with Crippen LogP contribution < -0.4 is 5.73 Å². The first-order valence-electron chi connectivity index (χ1n) is 23.0. The zero-order valence-electron chi connectivity index (χ0n) is 36.7. The molecule has 0 rings (SSSR count). The third-order valence-electron chi connectivity index (χ3n) is 9.00. The average molecular weight is 735 g/mol. The van der Waals surface area contributed by atoms with E-state index in [0.717, 1.165) is 58.3 Å². The summed E-state index contributed by atoms with van der Waals surface area (Å²) in [7, 11) is 0. The van der Waals surface area contributed by atoms with E-state index in [1.165, 1.54) is 154 Å². The molecular formula is C45H102N2O4. The summed E-state index contributed by atoms with van der Waals surface area (Å²) in [5, 5.41) is 9.99. The van der Waals surface area contributed by atoms with Crippen LogP contribution in [0, 0.1) is 0 Å². The van der Waals surface area contributed by atoms with Gasteiger partial charge in [0.2, 0.25) is 0 Å². The number of aliphatic hydroxyl groups is 1. The van der Waals surface area contributed by atoms with Crippen molar-refractivity contribution in [2.24, 2.45) is 5.73 Å². The van der Waals surface area contributed by atoms with Gasteiger partial charge in [-0.15, -0.1) is 0 Å². The molecule has 0 fully saturated rings. The monoisotopic (exact) mass is 735 g/mol. The first-order chi connectivity index (χ1) is 25.1. The molecule has 0 aliphatic heterocycles. The van der Waals surface area contributed by atoms with Crippen LogP contribution in [0.5, 0.6) is 0 Å². The molecule has 0 aliphatic rings. The van der Waals surface area contributed by atoms with Gasteiger partial charge in [-0.2, -0.15) is 0 Å². The summed E-state index contributed by atoms with van der Waals surface area (Å²) in [6, 6.07) is 0. The molecule has 6 nitrogen and oxygen atoms in total. The highest BCUT2D eigenvalue weighted by Crippen LogP contribution is 2.11. The minimum Gasteiger partial charge on any atom is -0.368 e. The summed E-state index contributed by atoms with van der Waals surface area (Å²) in [6.07, 6.45) is 36.8. The van der Waals surface area contributed by atoms with Crippen LogP contribution in [0.1, 0.15) is 243 Å². The second kappa shape index (κ2) is 59.1. The fraction of sp³-hybridized carbons (Fsp3) is 1.00. The average Bonchev–Trinajstić information content (AvgIpc) is 3.15. The molecule has 1 atom stereocenters. The summed E-state index contributed by atoms with van der Waals surface area (Å²) in [4.78, 5) is 12.4. The van der Waals surface area contributed by atoms with E-state index >= 15 is 0 Å². The lowest BCUT2D eigenvalue weighted by molar-refractivity contribution is -0.291. The summed E-state index contributed by atoms with van der Waals surface area (Å²) < 4.78 is 5.56. The molecule has 3 N–H and O–H groups in total. The van der Waals surface area contributed by atoms with E-state index < -0.39 is 6.29 Å². The van der Waals surface area contributed by atoms with E-state index in [1.807, 2.05) is 20.8 Å². The van der Waals surface area contributed by atoms with E-state index in [0.29, 0.717) is 19.8 Å². The van der Waals surface area contributed by atoms with Crippen molar-refractivity contribution in [2.45, 2.75) is 248 Å². The quantitative estimate of drug-likeness (QED) is 0.0285. The molecule has 0 bridgehead atoms. The molecule has 0 saturated carbocycles. The van der Waals surface area contributed by atoms with Gasteiger partial charge in [0.1, 0.15) is 0 Å². The van der Waals surface area contributed by atoms with Crippen molar-refractivity contribution in [1.29, 1.82) is 0 Å². The van der Waals surface area contributed by atoms with Gasteiger partial charge < -0.3 is 20.5 Å². The van der Waals surface area contributed by atoms with Crippen molar-refractivity contribution in [3.8, 4) is 0 Å². The second-order valence-corrected chi connectivity index (χ2v) is 14.1. The largest absolute Gasteiger partial charge is 0.368 e. The van der Waals surface area contributed by atoms with Crippen molar-refractivity contribution in [1.82, 2.24) is 4.90 Å². The van der Waals surface area contributed by atoms with E-state index in [9.17, 15) is 5.11 Å². The fourth-order valence-electron chi connectivity index (χ4n) is 5.76. The van der Waals surface area contributed by atoms with Crippen LogP contribution in [0.3, 0.4) is 0 Å². The minimum atomic E-state index is -0.579. The lowest BCUT2D eigenvalue weighted by atomic mass is 10.1. The Morgan fingerprint density at radius 2 is 0.804 bits per heavy atom. The lowest BCUT2D eigenvalue weighted by Gasteiger charge is -2.21. The molecule has 0 aliphatic carbocycles. The molecule has 0 spiro atoms. The number of aliphatic hydroxyl groups excluding tert-OH is 1. The van der Waals surface area contributed by atoms with Gasteiger partial charge in [-0.25, -0.2) is 9.78 Å². The fourth-order valence-corrected chi connectivity index (χ4v) is 5.76. The van der Waals surface area contributed by atoms with Gasteiger partial charge in [-0.3, -0.25) is 0 Å². The molecule has 0 radical (unpaired) electrons. The van der Waals surface area contributed by atoms with Crippen molar-refractivity contribution >= 4 is 0 Å². The van der Waals surface area contributed by atoms with Crippen molar-refractivity contribution in [2.75, 3.05) is 46.0 Å². The van der Waals surface area contributed by atoms with E-state index in [2.05, 4.69) is 39.5 Å². The summed E-state index contributed by atoms with van der Waals surface area (Å²) in [6.45, 7) is 23.2. The van der Waals surface area contributed by atoms with Crippen molar-refractivity contribution < 1.29 is 21.0 Å². The minimum absolute atomic E-state index is 0. The molecule has 0 heterocycles. The Bertz CT molecular complexity index is 524. The highest BCUT2D eigenvalue weighted by atomic mass is 17.2. The van der Waals surface area contributed by atoms with E-state index in [-0.39, 0.29) is 1.43 Å². The standard InChI is InChI=1S/C27H58N2O4.C9H20.C7H16.C2H6.H2/c1-3-5-6-7-8-13-18-25-31-27(30)20-15-10-12-17-23-29(24-21-28)22-16-11-9-14-19-26-33-32-4-2;1-3-5-7-9-8-6-4-2;1-3-5-7-6-4-2;1-2;/h27,30H,3-26,28H2,1-2H3;3-9H2,1-2H3;3-7H2,1-2H3;1-2H3;1H. The summed E-state index contributed by atoms with van der Waals surface area (Å²) in [5.41, 5.74) is 5.80. The molecule has 6 heteroatoms. The maximum absolute atomic E-state index is 9.99. The number of ether oxygens (including phenoxy) is 1. The van der Waals surface area contributed by atoms with Gasteiger partial charge in [-0.1, -0.05) is 196 Å². The van der Waals surface area contributed by atoms with Gasteiger partial charge >= 0.3 is 0 Å². The smallest absolute Gasteiger partial charge is 0.154 e. The van der Waals surface area contributed by atoms with Gasteiger partial charge in [0.15, 0.2) is 6.29 Å². The van der Waals surface area contributed by atoms with Crippen LogP contribution in [-0.4, -0.2) is 62.3 Å². The molecule has 0 aromatic heterocycles. The van der Waals surface area contributed by atoms with Crippen LogP contribution >= 0.6 is 0 Å². The molecule has 0 amide bonds. The topological polar surface area (TPSA) is 77.2 Å². The van der Waals surface area contributed by atoms with Gasteiger partial charge in [-0.05, 0) is 58.5 Å². The molecular weight excluding hydrogens is 633 g/mol. The van der Waals surface area contributed by atoms with E-state index in [1.54, 1.807) is 0 Å². The maximum Gasteiger partial charge on any atom is 0.154 e. The first-order valence-corrected chi connectivity index (χ1v) is 23.0. The summed E-state index contributed by atoms with van der Waals surface area (Å²) in [5.74, 6) is 0. The summed E-state index contributed by atoms with van der Waals surface area (Å²) >= 11 is 0. The molecule has 1 unspecified atom stereocenters. The Hall–Kier alpha value is -0.240. The number of rotatable bonds is 38. The molecule has 51 heavy (non-hydrogen) atoms. The Balaban J connectivity index is -0.000000317. The number of nitrogens with zero attached hydrogens (tertiary/aromatic N) is 1. The van der Waals surface area contributed by atoms with Crippen LogP contribution in [0.25, 0.3) is 0 Å². The maximum atomic E-state index is 9.99. The van der Waals surface area contributed by atoms with Gasteiger partial charge in [0.05, 0.1) is 13.2 Å². The number of nitrogens with two attached hydrogens (primary N) is 1. The number of hydrogen-bond acceptors (Lipinski definition) is 6. The number of unbranched alkanes of at least 4 members (excludes halogenated alkanes) is 23. The molecule has 316 valence electrons. The Labute approximate surface area is 324 Å². The van der Waals surface area contributed by atoms with Crippen LogP contribution in [0.15, 0.2) is 0 Å². The van der Waals surface area contributed by atoms with Gasteiger partial charge in [0, 0.05) is 21.1 Å². The molecule has 0 saturated heterocycles. The zero-order chi connectivity index (χ0) is 38.7. The van der Waals surface area contributed by atoms with Gasteiger partial charge in [0.25, 0.3) is 0 Å². The van der Waals surface area contributed by atoms with Crippen molar-refractivity contribution in [3.63, 3.8) is 0 Å². The zero-order valence-corrected chi connectivity index (χ0v) is 36.7. The highest BCUT2D eigenvalue weighted by molar-refractivity contribution is 4.60. The SMILES string of the molecule is CC.CCCCCCC.CCCCCCCCC.CCCCCCCCCOC(O)CCCCCCN(CCN)CCCCCCCOOCC.[HH]. The first kappa shape index (κ1) is 57.5. The predicted molar refractivity (Wildman–Crippen MR) is 231 cm³/mol. The van der Waals surface area contributed by atoms with Crippen molar-refractivity contribution in [3.05, 3.63) is 0 Å². The third kappa shape index (κ3) is 62.1.